The van der Waals surface area contributed by atoms with E-state index >= 15 is 0 Å². The standard InChI is InChI=1S/C16H34N2O3Si/c1-15(2,3)18-10-9-13(12(11-18)17-14(19)20)21-22(7,8)16(4,5)6/h12-13,17H,9-11H2,1-8H3,(H,19,20)/t12-,13-/m1/s1. The van der Waals surface area contributed by atoms with Crippen LogP contribution in [-0.2, 0) is 4.43 Å². The molecule has 0 radical (unpaired) electrons. The maximum Gasteiger partial charge on any atom is 0.405 e. The van der Waals surface area contributed by atoms with E-state index in [4.69, 9.17) is 9.53 Å². The van der Waals surface area contributed by atoms with Crippen molar-refractivity contribution in [1.82, 2.24) is 10.2 Å². The van der Waals surface area contributed by atoms with Crippen LogP contribution in [0.4, 0.5) is 4.79 Å². The molecule has 2 atom stereocenters. The largest absolute Gasteiger partial charge is 0.465 e. The van der Waals surface area contributed by atoms with Crippen molar-refractivity contribution in [3.63, 3.8) is 0 Å². The number of piperidine rings is 1. The van der Waals surface area contributed by atoms with Gasteiger partial charge in [-0.3, -0.25) is 4.90 Å². The van der Waals surface area contributed by atoms with Gasteiger partial charge in [-0.15, -0.1) is 0 Å². The van der Waals surface area contributed by atoms with Crippen molar-refractivity contribution < 1.29 is 14.3 Å². The second-order valence-electron chi connectivity index (χ2n) is 8.88. The topological polar surface area (TPSA) is 61.8 Å². The molecule has 0 saturated carbocycles. The molecule has 0 spiro atoms. The highest BCUT2D eigenvalue weighted by atomic mass is 28.4. The van der Waals surface area contributed by atoms with E-state index in [0.29, 0.717) is 6.54 Å². The molecule has 0 aromatic heterocycles. The molecule has 0 aromatic rings. The van der Waals surface area contributed by atoms with Crippen LogP contribution in [0.1, 0.15) is 48.0 Å². The van der Waals surface area contributed by atoms with Crippen LogP contribution < -0.4 is 5.32 Å². The predicted molar refractivity (Wildman–Crippen MR) is 93.0 cm³/mol. The van der Waals surface area contributed by atoms with Gasteiger partial charge in [0.05, 0.1) is 12.1 Å². The highest BCUT2D eigenvalue weighted by Crippen LogP contribution is 2.38. The molecule has 6 heteroatoms. The third kappa shape index (κ3) is 4.96. The maximum atomic E-state index is 11.2. The summed E-state index contributed by atoms with van der Waals surface area (Å²) in [7, 11) is -1.90. The van der Waals surface area contributed by atoms with Crippen molar-refractivity contribution in [2.75, 3.05) is 13.1 Å². The van der Waals surface area contributed by atoms with Crippen molar-refractivity contribution >= 4 is 14.4 Å². The summed E-state index contributed by atoms with van der Waals surface area (Å²) in [6, 6.07) is -0.167. The number of hydrogen-bond acceptors (Lipinski definition) is 3. The fourth-order valence-corrected chi connectivity index (χ4v) is 3.93. The van der Waals surface area contributed by atoms with Gasteiger partial charge in [-0.25, -0.2) is 4.79 Å². The molecule has 5 nitrogen and oxygen atoms in total. The summed E-state index contributed by atoms with van der Waals surface area (Å²) in [4.78, 5) is 13.5. The van der Waals surface area contributed by atoms with Crippen molar-refractivity contribution in [3.8, 4) is 0 Å². The Morgan fingerprint density at radius 1 is 1.23 bits per heavy atom. The average Bonchev–Trinajstić information content (AvgIpc) is 2.27. The Balaban J connectivity index is 2.87. The summed E-state index contributed by atoms with van der Waals surface area (Å²) in [6.07, 6.45) is -0.130. The van der Waals surface area contributed by atoms with Crippen LogP contribution in [0.2, 0.25) is 18.1 Å². The molecule has 1 amide bonds. The Morgan fingerprint density at radius 2 is 1.77 bits per heavy atom. The highest BCUT2D eigenvalue weighted by molar-refractivity contribution is 6.74. The van der Waals surface area contributed by atoms with Gasteiger partial charge in [0.1, 0.15) is 0 Å². The zero-order chi connectivity index (χ0) is 17.3. The smallest absolute Gasteiger partial charge is 0.405 e. The van der Waals surface area contributed by atoms with Crippen molar-refractivity contribution in [1.29, 1.82) is 0 Å². The summed E-state index contributed by atoms with van der Waals surface area (Å²) in [5.74, 6) is 0. The van der Waals surface area contributed by atoms with Gasteiger partial charge >= 0.3 is 6.09 Å². The number of carboxylic acid groups (broad SMARTS) is 1. The molecule has 1 aliphatic heterocycles. The molecule has 1 rings (SSSR count). The molecule has 0 aromatic carbocycles. The molecule has 130 valence electrons. The van der Waals surface area contributed by atoms with Crippen LogP contribution in [-0.4, -0.2) is 55.2 Å². The van der Waals surface area contributed by atoms with E-state index in [0.717, 1.165) is 13.0 Å². The lowest BCUT2D eigenvalue weighted by Crippen LogP contribution is -2.61. The SMILES string of the molecule is CC(C)(C)N1CC[C@@H](O[Si](C)(C)C(C)(C)C)[C@H](NC(=O)O)C1. The van der Waals surface area contributed by atoms with Crippen LogP contribution in [0.25, 0.3) is 0 Å². The summed E-state index contributed by atoms with van der Waals surface area (Å²) in [6.45, 7) is 19.2. The first-order chi connectivity index (χ1) is 9.74. The minimum Gasteiger partial charge on any atom is -0.465 e. The van der Waals surface area contributed by atoms with Gasteiger partial charge in [0.25, 0.3) is 0 Å². The Labute approximate surface area is 136 Å². The lowest BCUT2D eigenvalue weighted by Gasteiger charge is -2.48. The highest BCUT2D eigenvalue weighted by Gasteiger charge is 2.43. The van der Waals surface area contributed by atoms with E-state index in [1.165, 1.54) is 0 Å². The number of hydrogen-bond donors (Lipinski definition) is 2. The van der Waals surface area contributed by atoms with E-state index in [9.17, 15) is 4.79 Å². The first-order valence-electron chi connectivity index (χ1n) is 8.16. The Kier molecular flexibility index (Phi) is 5.74. The molecular formula is C16H34N2O3Si. The van der Waals surface area contributed by atoms with E-state index in [1.807, 2.05) is 0 Å². The van der Waals surface area contributed by atoms with E-state index in [2.05, 4.69) is 64.9 Å². The molecule has 0 aliphatic carbocycles. The lowest BCUT2D eigenvalue weighted by molar-refractivity contribution is 0.0167. The van der Waals surface area contributed by atoms with Crippen LogP contribution in [0.3, 0.4) is 0 Å². The molecule has 1 aliphatic rings. The van der Waals surface area contributed by atoms with Crippen molar-refractivity contribution in [2.45, 2.75) is 83.8 Å². The van der Waals surface area contributed by atoms with Crippen molar-refractivity contribution in [3.05, 3.63) is 0 Å². The van der Waals surface area contributed by atoms with Crippen LogP contribution in [0.5, 0.6) is 0 Å². The fourth-order valence-electron chi connectivity index (χ4n) is 2.53. The van der Waals surface area contributed by atoms with Gasteiger partial charge in [-0.1, -0.05) is 20.8 Å². The number of carbonyl (C=O) groups is 1. The van der Waals surface area contributed by atoms with E-state index in [-0.39, 0.29) is 22.7 Å². The van der Waals surface area contributed by atoms with Gasteiger partial charge in [-0.05, 0) is 45.3 Å². The second-order valence-corrected chi connectivity index (χ2v) is 13.6. The second kappa shape index (κ2) is 6.49. The lowest BCUT2D eigenvalue weighted by atomic mass is 9.96. The number of nitrogens with one attached hydrogen (secondary N) is 1. The normalized spacial score (nSPS) is 25.1. The molecule has 1 saturated heterocycles. The minimum atomic E-state index is -1.90. The molecule has 0 unspecified atom stereocenters. The van der Waals surface area contributed by atoms with Gasteiger partial charge < -0.3 is 14.8 Å². The molecule has 1 heterocycles. The Hall–Kier alpha value is -0.593. The molecule has 0 bridgehead atoms. The molecular weight excluding hydrogens is 296 g/mol. The predicted octanol–water partition coefficient (Wildman–Crippen LogP) is 3.52. The quantitative estimate of drug-likeness (QED) is 0.777. The van der Waals surface area contributed by atoms with Gasteiger partial charge in [0.2, 0.25) is 0 Å². The van der Waals surface area contributed by atoms with Crippen LogP contribution >= 0.6 is 0 Å². The minimum absolute atomic E-state index is 0.0319. The van der Waals surface area contributed by atoms with Gasteiger partial charge in [0.15, 0.2) is 8.32 Å². The summed E-state index contributed by atoms with van der Waals surface area (Å²) >= 11 is 0. The Morgan fingerprint density at radius 3 is 2.18 bits per heavy atom. The van der Waals surface area contributed by atoms with Gasteiger partial charge in [-0.2, -0.15) is 0 Å². The first-order valence-corrected chi connectivity index (χ1v) is 11.1. The summed E-state index contributed by atoms with van der Waals surface area (Å²) in [5.41, 5.74) is 0.0420. The van der Waals surface area contributed by atoms with E-state index < -0.39 is 14.4 Å². The molecule has 1 fully saturated rings. The number of amides is 1. The van der Waals surface area contributed by atoms with E-state index in [1.54, 1.807) is 0 Å². The Bertz CT molecular complexity index is 399. The van der Waals surface area contributed by atoms with Crippen LogP contribution in [0.15, 0.2) is 0 Å². The van der Waals surface area contributed by atoms with Gasteiger partial charge in [0, 0.05) is 18.6 Å². The summed E-state index contributed by atoms with van der Waals surface area (Å²) in [5, 5.41) is 12.0. The molecule has 22 heavy (non-hydrogen) atoms. The zero-order valence-electron chi connectivity index (χ0n) is 15.5. The van der Waals surface area contributed by atoms with Crippen LogP contribution in [0, 0.1) is 0 Å². The third-order valence-electron chi connectivity index (χ3n) is 5.06. The number of likely N-dealkylation sites (tertiary alicyclic amines) is 1. The monoisotopic (exact) mass is 330 g/mol. The average molecular weight is 331 g/mol. The third-order valence-corrected chi connectivity index (χ3v) is 9.56. The number of rotatable bonds is 3. The zero-order valence-corrected chi connectivity index (χ0v) is 16.5. The maximum absolute atomic E-state index is 11.2. The summed E-state index contributed by atoms with van der Waals surface area (Å²) < 4.78 is 6.50. The number of nitrogens with zero attached hydrogens (tertiary/aromatic N) is 1. The van der Waals surface area contributed by atoms with Crippen molar-refractivity contribution in [2.24, 2.45) is 0 Å². The fraction of sp³-hybridized carbons (Fsp3) is 0.938. The molecule has 2 N–H and O–H groups in total. The first kappa shape index (κ1) is 19.5.